The van der Waals surface area contributed by atoms with Crippen molar-refractivity contribution in [3.05, 3.63) is 35.4 Å². The van der Waals surface area contributed by atoms with E-state index < -0.39 is 11.4 Å². The van der Waals surface area contributed by atoms with Crippen molar-refractivity contribution in [3.8, 4) is 0 Å². The van der Waals surface area contributed by atoms with E-state index in [1.54, 1.807) is 11.8 Å². The van der Waals surface area contributed by atoms with Crippen LogP contribution in [0, 0.1) is 6.92 Å². The van der Waals surface area contributed by atoms with Crippen molar-refractivity contribution in [1.82, 2.24) is 0 Å². The van der Waals surface area contributed by atoms with E-state index in [1.807, 2.05) is 37.4 Å². The minimum Gasteiger partial charge on any atom is -0.481 e. The highest BCUT2D eigenvalue weighted by Crippen LogP contribution is 2.31. The molecule has 4 heteroatoms. The molecule has 0 saturated carbocycles. The van der Waals surface area contributed by atoms with Gasteiger partial charge < -0.3 is 10.8 Å². The third-order valence-corrected chi connectivity index (χ3v) is 3.76. The Morgan fingerprint density at radius 1 is 1.47 bits per heavy atom. The van der Waals surface area contributed by atoms with Crippen molar-refractivity contribution < 1.29 is 9.90 Å². The SMILES string of the molecule is CSCCC(CN)(C(=O)O)c1ccccc1C. The van der Waals surface area contributed by atoms with Gasteiger partial charge in [-0.3, -0.25) is 4.79 Å². The molecule has 0 fully saturated rings. The molecular weight excluding hydrogens is 234 g/mol. The van der Waals surface area contributed by atoms with Gasteiger partial charge in [-0.2, -0.15) is 11.8 Å². The largest absolute Gasteiger partial charge is 0.481 e. The van der Waals surface area contributed by atoms with Gasteiger partial charge in [-0.05, 0) is 36.5 Å². The lowest BCUT2D eigenvalue weighted by atomic mass is 9.76. The molecule has 0 heterocycles. The molecule has 1 aromatic carbocycles. The number of carboxylic acids is 1. The van der Waals surface area contributed by atoms with Crippen LogP contribution in [0.15, 0.2) is 24.3 Å². The van der Waals surface area contributed by atoms with Crippen molar-refractivity contribution in [3.63, 3.8) is 0 Å². The number of rotatable bonds is 6. The lowest BCUT2D eigenvalue weighted by Gasteiger charge is -2.29. The smallest absolute Gasteiger partial charge is 0.315 e. The molecule has 0 spiro atoms. The Labute approximate surface area is 106 Å². The minimum absolute atomic E-state index is 0.133. The molecule has 1 atom stereocenters. The van der Waals surface area contributed by atoms with Gasteiger partial charge in [0.05, 0.1) is 0 Å². The first-order chi connectivity index (χ1) is 8.08. The molecule has 0 bridgehead atoms. The maximum Gasteiger partial charge on any atom is 0.315 e. The molecule has 0 aliphatic heterocycles. The third-order valence-electron chi connectivity index (χ3n) is 3.15. The van der Waals surface area contributed by atoms with Crippen LogP contribution >= 0.6 is 11.8 Å². The summed E-state index contributed by atoms with van der Waals surface area (Å²) in [7, 11) is 0. The Kier molecular flexibility index (Phi) is 5.02. The number of benzene rings is 1. The number of carbonyl (C=O) groups is 1. The molecule has 0 aliphatic rings. The second-order valence-corrected chi connectivity index (χ2v) is 5.13. The first kappa shape index (κ1) is 14.1. The number of carboxylic acid groups (broad SMARTS) is 1. The van der Waals surface area contributed by atoms with Crippen molar-refractivity contribution in [1.29, 1.82) is 0 Å². The van der Waals surface area contributed by atoms with Gasteiger partial charge in [0.1, 0.15) is 5.41 Å². The van der Waals surface area contributed by atoms with E-state index in [1.165, 1.54) is 0 Å². The second-order valence-electron chi connectivity index (χ2n) is 4.15. The number of thioether (sulfide) groups is 1. The fourth-order valence-electron chi connectivity index (χ4n) is 2.04. The topological polar surface area (TPSA) is 63.3 Å². The molecule has 94 valence electrons. The van der Waals surface area contributed by atoms with Crippen LogP contribution in [0.25, 0.3) is 0 Å². The molecule has 1 rings (SSSR count). The highest BCUT2D eigenvalue weighted by Gasteiger charge is 2.39. The van der Waals surface area contributed by atoms with E-state index >= 15 is 0 Å². The third kappa shape index (κ3) is 2.82. The maximum atomic E-state index is 11.6. The summed E-state index contributed by atoms with van der Waals surface area (Å²) in [5.41, 5.74) is 6.63. The monoisotopic (exact) mass is 253 g/mol. The number of hydrogen-bond acceptors (Lipinski definition) is 3. The highest BCUT2D eigenvalue weighted by molar-refractivity contribution is 7.98. The molecule has 1 unspecified atom stereocenters. The molecule has 0 aliphatic carbocycles. The molecule has 0 radical (unpaired) electrons. The van der Waals surface area contributed by atoms with Crippen LogP contribution in [0.4, 0.5) is 0 Å². The first-order valence-corrected chi connectivity index (χ1v) is 6.96. The number of aryl methyl sites for hydroxylation is 1. The molecular formula is C13H19NO2S. The highest BCUT2D eigenvalue weighted by atomic mass is 32.2. The van der Waals surface area contributed by atoms with Crippen LogP contribution in [-0.2, 0) is 10.2 Å². The van der Waals surface area contributed by atoms with Gasteiger partial charge in [0, 0.05) is 6.54 Å². The number of nitrogens with two attached hydrogens (primary N) is 1. The summed E-state index contributed by atoms with van der Waals surface area (Å²) in [5, 5.41) is 9.54. The normalized spacial score (nSPS) is 14.3. The van der Waals surface area contributed by atoms with Gasteiger partial charge in [-0.25, -0.2) is 0 Å². The van der Waals surface area contributed by atoms with Crippen LogP contribution < -0.4 is 5.73 Å². The predicted octanol–water partition coefficient (Wildman–Crippen LogP) is 2.03. The summed E-state index contributed by atoms with van der Waals surface area (Å²) in [6, 6.07) is 7.59. The molecule has 17 heavy (non-hydrogen) atoms. The fraction of sp³-hybridized carbons (Fsp3) is 0.462. The maximum absolute atomic E-state index is 11.6. The first-order valence-electron chi connectivity index (χ1n) is 5.57. The van der Waals surface area contributed by atoms with Gasteiger partial charge in [-0.1, -0.05) is 24.3 Å². The van der Waals surface area contributed by atoms with Crippen LogP contribution in [0.5, 0.6) is 0 Å². The number of aliphatic carboxylic acids is 1. The summed E-state index contributed by atoms with van der Waals surface area (Å²) in [5.74, 6) is -0.0407. The molecule has 3 nitrogen and oxygen atoms in total. The van der Waals surface area contributed by atoms with Crippen molar-refractivity contribution in [2.45, 2.75) is 18.8 Å². The van der Waals surface area contributed by atoms with Gasteiger partial charge in [0.2, 0.25) is 0 Å². The standard InChI is InChI=1S/C13H19NO2S/c1-10-5-3-4-6-11(10)13(9-14,12(15)16)7-8-17-2/h3-6H,7-9,14H2,1-2H3,(H,15,16). The zero-order chi connectivity index (χ0) is 12.9. The zero-order valence-corrected chi connectivity index (χ0v) is 11.1. The summed E-state index contributed by atoms with van der Waals surface area (Å²) in [6.45, 7) is 2.06. The average Bonchev–Trinajstić information content (AvgIpc) is 2.32. The Bertz CT molecular complexity index is 395. The van der Waals surface area contributed by atoms with Crippen molar-refractivity contribution in [2.24, 2.45) is 5.73 Å². The Balaban J connectivity index is 3.22. The van der Waals surface area contributed by atoms with Crippen LogP contribution in [0.1, 0.15) is 17.5 Å². The lowest BCUT2D eigenvalue weighted by Crippen LogP contribution is -2.44. The minimum atomic E-state index is -0.950. The lowest BCUT2D eigenvalue weighted by molar-refractivity contribution is -0.143. The van der Waals surface area contributed by atoms with Crippen LogP contribution in [0.2, 0.25) is 0 Å². The molecule has 1 aromatic rings. The van der Waals surface area contributed by atoms with Crippen molar-refractivity contribution in [2.75, 3.05) is 18.6 Å². The predicted molar refractivity (Wildman–Crippen MR) is 72.5 cm³/mol. The van der Waals surface area contributed by atoms with Crippen LogP contribution in [0.3, 0.4) is 0 Å². The Morgan fingerprint density at radius 2 is 2.12 bits per heavy atom. The molecule has 3 N–H and O–H groups in total. The van der Waals surface area contributed by atoms with Gasteiger partial charge >= 0.3 is 5.97 Å². The summed E-state index contributed by atoms with van der Waals surface area (Å²) in [4.78, 5) is 11.6. The second kappa shape index (κ2) is 6.07. The summed E-state index contributed by atoms with van der Waals surface area (Å²) < 4.78 is 0. The Hall–Kier alpha value is -1.00. The van der Waals surface area contributed by atoms with Crippen LogP contribution in [-0.4, -0.2) is 29.6 Å². The van der Waals surface area contributed by atoms with E-state index in [-0.39, 0.29) is 6.54 Å². The summed E-state index contributed by atoms with van der Waals surface area (Å²) >= 11 is 1.64. The average molecular weight is 253 g/mol. The molecule has 0 aromatic heterocycles. The Morgan fingerprint density at radius 3 is 2.59 bits per heavy atom. The quantitative estimate of drug-likeness (QED) is 0.814. The number of hydrogen-bond donors (Lipinski definition) is 2. The van der Waals surface area contributed by atoms with Gasteiger partial charge in [-0.15, -0.1) is 0 Å². The molecule has 0 amide bonds. The van der Waals surface area contributed by atoms with E-state index in [9.17, 15) is 9.90 Å². The fourth-order valence-corrected chi connectivity index (χ4v) is 2.59. The summed E-state index contributed by atoms with van der Waals surface area (Å²) in [6.07, 6.45) is 2.53. The van der Waals surface area contributed by atoms with E-state index in [2.05, 4.69) is 0 Å². The van der Waals surface area contributed by atoms with Gasteiger partial charge in [0.15, 0.2) is 0 Å². The van der Waals surface area contributed by atoms with E-state index in [4.69, 9.17) is 5.73 Å². The van der Waals surface area contributed by atoms with E-state index in [0.717, 1.165) is 16.9 Å². The van der Waals surface area contributed by atoms with E-state index in [0.29, 0.717) is 6.42 Å². The van der Waals surface area contributed by atoms with Gasteiger partial charge in [0.25, 0.3) is 0 Å². The molecule has 0 saturated heterocycles. The van der Waals surface area contributed by atoms with Crippen molar-refractivity contribution >= 4 is 17.7 Å². The zero-order valence-electron chi connectivity index (χ0n) is 10.3.